The molecule has 18 heavy (non-hydrogen) atoms. The van der Waals surface area contributed by atoms with Crippen LogP contribution in [-0.2, 0) is 0 Å². The Kier molecular flexibility index (Phi) is 3.23. The summed E-state index contributed by atoms with van der Waals surface area (Å²) in [7, 11) is 0. The molecular formula is C15H17ClN2. The first-order valence-electron chi connectivity index (χ1n) is 6.46. The van der Waals surface area contributed by atoms with Gasteiger partial charge in [-0.3, -0.25) is 4.90 Å². The average Bonchev–Trinajstić information content (AvgIpc) is 2.64. The Morgan fingerprint density at radius 2 is 2.28 bits per heavy atom. The van der Waals surface area contributed by atoms with Gasteiger partial charge < -0.3 is 0 Å². The zero-order valence-electron chi connectivity index (χ0n) is 10.3. The summed E-state index contributed by atoms with van der Waals surface area (Å²) in [4.78, 5) is 6.75. The highest BCUT2D eigenvalue weighted by molar-refractivity contribution is 6.29. The molecule has 0 aliphatic carbocycles. The Hall–Kier alpha value is -1.12. The topological polar surface area (TPSA) is 16.1 Å². The van der Waals surface area contributed by atoms with E-state index in [2.05, 4.69) is 34.7 Å². The van der Waals surface area contributed by atoms with Crippen molar-refractivity contribution in [2.75, 3.05) is 6.54 Å². The summed E-state index contributed by atoms with van der Waals surface area (Å²) in [6.45, 7) is 4.83. The normalized spacial score (nSPS) is 30.6. The van der Waals surface area contributed by atoms with Gasteiger partial charge in [-0.05, 0) is 24.5 Å². The number of hydrogen-bond acceptors (Lipinski definition) is 2. The molecule has 2 aliphatic rings. The molecule has 3 heteroatoms. The predicted molar refractivity (Wildman–Crippen MR) is 74.8 cm³/mol. The van der Waals surface area contributed by atoms with E-state index in [4.69, 9.17) is 11.6 Å². The van der Waals surface area contributed by atoms with Gasteiger partial charge in [-0.2, -0.15) is 0 Å². The first-order valence-corrected chi connectivity index (χ1v) is 6.84. The zero-order chi connectivity index (χ0) is 12.5. The molecule has 1 aromatic heterocycles. The standard InChI is InChI=1S/C15H17ClN2/c1-2-9-18-12-4-6-13(14(18)7-5-12)11-3-8-15(16)17-10-11/h2-4,6,8,10,12-14H,1,5,7,9H2. The van der Waals surface area contributed by atoms with E-state index in [0.717, 1.165) is 6.54 Å². The third-order valence-corrected chi connectivity index (χ3v) is 4.26. The number of hydrogen-bond donors (Lipinski definition) is 0. The molecule has 1 aromatic rings. The van der Waals surface area contributed by atoms with Crippen LogP contribution in [0.4, 0.5) is 0 Å². The molecular weight excluding hydrogens is 244 g/mol. The van der Waals surface area contributed by atoms with Crippen molar-refractivity contribution in [1.29, 1.82) is 0 Å². The maximum Gasteiger partial charge on any atom is 0.129 e. The second-order valence-corrected chi connectivity index (χ2v) is 5.41. The summed E-state index contributed by atoms with van der Waals surface area (Å²) < 4.78 is 0. The Labute approximate surface area is 113 Å². The van der Waals surface area contributed by atoms with Crippen molar-refractivity contribution < 1.29 is 0 Å². The highest BCUT2D eigenvalue weighted by Gasteiger charge is 2.39. The molecule has 0 aromatic carbocycles. The average molecular weight is 261 g/mol. The fourth-order valence-corrected chi connectivity index (χ4v) is 3.34. The van der Waals surface area contributed by atoms with Crippen molar-refractivity contribution in [3.8, 4) is 0 Å². The molecule has 2 bridgehead atoms. The van der Waals surface area contributed by atoms with Crippen molar-refractivity contribution in [3.05, 3.63) is 53.9 Å². The number of nitrogens with zero attached hydrogens (tertiary/aromatic N) is 2. The second kappa shape index (κ2) is 4.87. The molecule has 2 aliphatic heterocycles. The molecule has 3 unspecified atom stereocenters. The highest BCUT2D eigenvalue weighted by Crippen LogP contribution is 2.39. The Balaban J connectivity index is 1.89. The van der Waals surface area contributed by atoms with Crippen LogP contribution < -0.4 is 0 Å². The molecule has 1 saturated heterocycles. The van der Waals surface area contributed by atoms with Crippen LogP contribution in [0.1, 0.15) is 24.3 Å². The summed E-state index contributed by atoms with van der Waals surface area (Å²) in [5.74, 6) is 0.438. The van der Waals surface area contributed by atoms with Gasteiger partial charge >= 0.3 is 0 Å². The lowest BCUT2D eigenvalue weighted by molar-refractivity contribution is 0.216. The van der Waals surface area contributed by atoms with E-state index in [9.17, 15) is 0 Å². The second-order valence-electron chi connectivity index (χ2n) is 5.02. The molecule has 3 heterocycles. The monoisotopic (exact) mass is 260 g/mol. The van der Waals surface area contributed by atoms with Gasteiger partial charge in [0.25, 0.3) is 0 Å². The lowest BCUT2D eigenvalue weighted by Crippen LogP contribution is -2.41. The minimum absolute atomic E-state index is 0.438. The first-order chi connectivity index (χ1) is 8.79. The summed E-state index contributed by atoms with van der Waals surface area (Å²) in [6, 6.07) is 5.16. The van der Waals surface area contributed by atoms with E-state index in [1.165, 1.54) is 18.4 Å². The Morgan fingerprint density at radius 3 is 3.00 bits per heavy atom. The van der Waals surface area contributed by atoms with Crippen molar-refractivity contribution >= 4 is 11.6 Å². The SMILES string of the molecule is C=CCN1C2C=CC(c3ccc(Cl)nc3)C1CC2. The smallest absolute Gasteiger partial charge is 0.129 e. The fourth-order valence-electron chi connectivity index (χ4n) is 3.23. The molecule has 3 rings (SSSR count). The van der Waals surface area contributed by atoms with Gasteiger partial charge in [-0.15, -0.1) is 6.58 Å². The third-order valence-electron chi connectivity index (χ3n) is 4.04. The Bertz CT molecular complexity index is 466. The number of aromatic nitrogens is 1. The van der Waals surface area contributed by atoms with E-state index in [1.54, 1.807) is 0 Å². The van der Waals surface area contributed by atoms with Gasteiger partial charge in [0.05, 0.1) is 0 Å². The summed E-state index contributed by atoms with van der Waals surface area (Å²) in [6.07, 6.45) is 11.1. The largest absolute Gasteiger partial charge is 0.289 e. The van der Waals surface area contributed by atoms with Crippen molar-refractivity contribution in [2.24, 2.45) is 0 Å². The van der Waals surface area contributed by atoms with Crippen LogP contribution in [0.15, 0.2) is 43.1 Å². The summed E-state index contributed by atoms with van der Waals surface area (Å²) >= 11 is 5.85. The van der Waals surface area contributed by atoms with Crippen LogP contribution in [0.5, 0.6) is 0 Å². The van der Waals surface area contributed by atoms with E-state index >= 15 is 0 Å². The van der Waals surface area contributed by atoms with Gasteiger partial charge in [0.15, 0.2) is 0 Å². The summed E-state index contributed by atoms with van der Waals surface area (Å²) in [5.41, 5.74) is 1.26. The van der Waals surface area contributed by atoms with Gasteiger partial charge in [-0.1, -0.05) is 35.9 Å². The van der Waals surface area contributed by atoms with E-state index in [-0.39, 0.29) is 0 Å². The van der Waals surface area contributed by atoms with Gasteiger partial charge in [0, 0.05) is 30.7 Å². The van der Waals surface area contributed by atoms with Gasteiger partial charge in [0.1, 0.15) is 5.15 Å². The quantitative estimate of drug-likeness (QED) is 0.612. The number of pyridine rings is 1. The Morgan fingerprint density at radius 1 is 1.39 bits per heavy atom. The van der Waals surface area contributed by atoms with Gasteiger partial charge in [-0.25, -0.2) is 4.98 Å². The minimum Gasteiger partial charge on any atom is -0.289 e. The van der Waals surface area contributed by atoms with Crippen LogP contribution in [0.3, 0.4) is 0 Å². The first kappa shape index (κ1) is 11.9. The molecule has 2 nitrogen and oxygen atoms in total. The van der Waals surface area contributed by atoms with Crippen molar-refractivity contribution in [3.63, 3.8) is 0 Å². The molecule has 0 N–H and O–H groups in total. The lowest BCUT2D eigenvalue weighted by Gasteiger charge is -2.35. The fraction of sp³-hybridized carbons (Fsp3) is 0.400. The number of rotatable bonds is 3. The van der Waals surface area contributed by atoms with Crippen molar-refractivity contribution in [1.82, 2.24) is 9.88 Å². The van der Waals surface area contributed by atoms with Crippen LogP contribution in [0.2, 0.25) is 5.15 Å². The molecule has 0 amide bonds. The van der Waals surface area contributed by atoms with Crippen LogP contribution >= 0.6 is 11.6 Å². The number of halogens is 1. The van der Waals surface area contributed by atoms with E-state index in [1.807, 2.05) is 18.3 Å². The van der Waals surface area contributed by atoms with Crippen LogP contribution in [0, 0.1) is 0 Å². The van der Waals surface area contributed by atoms with E-state index in [0.29, 0.717) is 23.2 Å². The van der Waals surface area contributed by atoms with Crippen molar-refractivity contribution in [2.45, 2.75) is 30.8 Å². The molecule has 94 valence electrons. The van der Waals surface area contributed by atoms with Crippen LogP contribution in [-0.4, -0.2) is 28.5 Å². The predicted octanol–water partition coefficient (Wildman–Crippen LogP) is 3.41. The maximum absolute atomic E-state index is 5.85. The number of fused-ring (bicyclic) bond motifs is 2. The molecule has 0 spiro atoms. The van der Waals surface area contributed by atoms with Crippen LogP contribution in [0.25, 0.3) is 0 Å². The lowest BCUT2D eigenvalue weighted by atomic mass is 9.89. The molecule has 1 fully saturated rings. The minimum atomic E-state index is 0.438. The molecule has 0 radical (unpaired) electrons. The highest BCUT2D eigenvalue weighted by atomic mass is 35.5. The van der Waals surface area contributed by atoms with Gasteiger partial charge in [0.2, 0.25) is 0 Å². The molecule has 0 saturated carbocycles. The van der Waals surface area contributed by atoms with E-state index < -0.39 is 0 Å². The summed E-state index contributed by atoms with van der Waals surface area (Å²) in [5, 5.41) is 0.561. The third kappa shape index (κ3) is 2.00. The zero-order valence-corrected chi connectivity index (χ0v) is 11.1. The maximum atomic E-state index is 5.85. The molecule has 3 atom stereocenters.